The van der Waals surface area contributed by atoms with E-state index in [4.69, 9.17) is 4.42 Å². The summed E-state index contributed by atoms with van der Waals surface area (Å²) >= 11 is 3.32. The number of carbonyl (C=O) groups excluding carboxylic acids is 1. The number of aryl methyl sites for hydroxylation is 1. The molecular formula is C18H22BrN3O4S. The molecule has 1 N–H and O–H groups in total. The quantitative estimate of drug-likeness (QED) is 0.511. The van der Waals surface area contributed by atoms with Crippen LogP contribution in [0.5, 0.6) is 0 Å². The molecule has 0 aliphatic heterocycles. The molecule has 7 nitrogen and oxygen atoms in total. The van der Waals surface area contributed by atoms with E-state index in [-0.39, 0.29) is 6.54 Å². The van der Waals surface area contributed by atoms with Gasteiger partial charge in [0.2, 0.25) is 10.0 Å². The van der Waals surface area contributed by atoms with Crippen LogP contribution in [-0.2, 0) is 14.8 Å². The predicted octanol–water partition coefficient (Wildman–Crippen LogP) is 3.39. The number of sulfonamides is 1. The molecule has 2 rings (SSSR count). The van der Waals surface area contributed by atoms with Crippen LogP contribution in [0.4, 0.5) is 5.69 Å². The van der Waals surface area contributed by atoms with E-state index in [9.17, 15) is 13.2 Å². The highest BCUT2D eigenvalue weighted by Crippen LogP contribution is 2.22. The molecule has 0 aliphatic carbocycles. The average molecular weight is 456 g/mol. The molecule has 2 aromatic rings. The minimum Gasteiger partial charge on any atom is -0.459 e. The molecule has 0 aliphatic rings. The van der Waals surface area contributed by atoms with Gasteiger partial charge in [0.15, 0.2) is 0 Å². The number of carbonyl (C=O) groups is 1. The van der Waals surface area contributed by atoms with E-state index < -0.39 is 15.9 Å². The lowest BCUT2D eigenvalue weighted by molar-refractivity contribution is -0.119. The summed E-state index contributed by atoms with van der Waals surface area (Å²) in [5, 5.41) is 3.80. The van der Waals surface area contributed by atoms with Gasteiger partial charge in [-0.25, -0.2) is 13.8 Å². The Morgan fingerprint density at radius 3 is 2.44 bits per heavy atom. The highest BCUT2D eigenvalue weighted by atomic mass is 79.9. The summed E-state index contributed by atoms with van der Waals surface area (Å²) in [6.07, 6.45) is 2.40. The van der Waals surface area contributed by atoms with Crippen LogP contribution in [0.25, 0.3) is 0 Å². The van der Waals surface area contributed by atoms with Crippen LogP contribution in [0, 0.1) is 6.92 Å². The highest BCUT2D eigenvalue weighted by Gasteiger charge is 2.20. The molecule has 27 heavy (non-hydrogen) atoms. The highest BCUT2D eigenvalue weighted by molar-refractivity contribution is 9.10. The summed E-state index contributed by atoms with van der Waals surface area (Å²) < 4.78 is 31.4. The normalized spacial score (nSPS) is 11.9. The molecule has 9 heteroatoms. The molecule has 1 aromatic carbocycles. The van der Waals surface area contributed by atoms with Crippen molar-refractivity contribution in [3.8, 4) is 0 Å². The standard InChI is InChI=1S/C18H22BrN3O4S/c1-12(2)14-5-7-15(8-6-14)22(27(4,24)25)11-18(23)21-20-10-16-9-17(19)13(3)26-16/h5-10,12H,11H2,1-4H3,(H,21,23)/b20-10-. The van der Waals surface area contributed by atoms with Crippen LogP contribution in [-0.4, -0.2) is 33.3 Å². The van der Waals surface area contributed by atoms with Gasteiger partial charge in [-0.1, -0.05) is 26.0 Å². The molecular weight excluding hydrogens is 434 g/mol. The maximum atomic E-state index is 12.1. The van der Waals surface area contributed by atoms with E-state index >= 15 is 0 Å². The molecule has 1 amide bonds. The van der Waals surface area contributed by atoms with Crippen LogP contribution < -0.4 is 9.73 Å². The zero-order chi connectivity index (χ0) is 20.2. The molecule has 0 spiro atoms. The molecule has 1 heterocycles. The Morgan fingerprint density at radius 2 is 1.96 bits per heavy atom. The molecule has 0 bridgehead atoms. The van der Waals surface area contributed by atoms with Gasteiger partial charge in [-0.3, -0.25) is 9.10 Å². The topological polar surface area (TPSA) is 92.0 Å². The lowest BCUT2D eigenvalue weighted by atomic mass is 10.0. The first kappa shape index (κ1) is 21.2. The molecule has 0 saturated carbocycles. The van der Waals surface area contributed by atoms with Crippen molar-refractivity contribution in [3.63, 3.8) is 0 Å². The predicted molar refractivity (Wildman–Crippen MR) is 110 cm³/mol. The number of rotatable bonds is 7. The second kappa shape index (κ2) is 8.71. The van der Waals surface area contributed by atoms with Gasteiger partial charge in [-0.15, -0.1) is 0 Å². The number of hydrogen-bond acceptors (Lipinski definition) is 5. The van der Waals surface area contributed by atoms with Crippen molar-refractivity contribution in [1.29, 1.82) is 0 Å². The molecule has 0 fully saturated rings. The van der Waals surface area contributed by atoms with Crippen molar-refractivity contribution in [1.82, 2.24) is 5.43 Å². The lowest BCUT2D eigenvalue weighted by Gasteiger charge is -2.21. The maximum Gasteiger partial charge on any atom is 0.260 e. The van der Waals surface area contributed by atoms with E-state index in [1.54, 1.807) is 25.1 Å². The second-order valence-electron chi connectivity index (χ2n) is 6.36. The summed E-state index contributed by atoms with van der Waals surface area (Å²) in [6.45, 7) is 5.51. The molecule has 146 valence electrons. The van der Waals surface area contributed by atoms with Crippen molar-refractivity contribution in [3.05, 3.63) is 51.9 Å². The third-order valence-corrected chi connectivity index (χ3v) is 5.72. The van der Waals surface area contributed by atoms with Gasteiger partial charge in [-0.2, -0.15) is 5.10 Å². The van der Waals surface area contributed by atoms with Gasteiger partial charge >= 0.3 is 0 Å². The number of nitrogens with zero attached hydrogens (tertiary/aromatic N) is 2. The van der Waals surface area contributed by atoms with Crippen molar-refractivity contribution in [2.75, 3.05) is 17.1 Å². The summed E-state index contributed by atoms with van der Waals surface area (Å²) in [7, 11) is -3.63. The number of halogens is 1. The van der Waals surface area contributed by atoms with Gasteiger partial charge in [0.25, 0.3) is 5.91 Å². The fraction of sp³-hybridized carbons (Fsp3) is 0.333. The first-order chi connectivity index (χ1) is 12.6. The minimum atomic E-state index is -3.63. The number of hydrogen-bond donors (Lipinski definition) is 1. The van der Waals surface area contributed by atoms with Crippen LogP contribution in [0.15, 0.2) is 44.3 Å². The van der Waals surface area contributed by atoms with Gasteiger partial charge in [0.1, 0.15) is 18.1 Å². The maximum absolute atomic E-state index is 12.1. The van der Waals surface area contributed by atoms with Crippen LogP contribution in [0.3, 0.4) is 0 Å². The fourth-order valence-electron chi connectivity index (χ4n) is 2.30. The van der Waals surface area contributed by atoms with E-state index in [2.05, 4.69) is 26.5 Å². The van der Waals surface area contributed by atoms with Crippen molar-refractivity contribution in [2.45, 2.75) is 26.7 Å². The van der Waals surface area contributed by atoms with Gasteiger partial charge in [0.05, 0.1) is 22.6 Å². The van der Waals surface area contributed by atoms with E-state index in [1.807, 2.05) is 26.0 Å². The van der Waals surface area contributed by atoms with Gasteiger partial charge < -0.3 is 4.42 Å². The molecule has 0 saturated heterocycles. The number of anilines is 1. The van der Waals surface area contributed by atoms with Gasteiger partial charge in [0, 0.05) is 6.07 Å². The Labute approximate surface area is 167 Å². The lowest BCUT2D eigenvalue weighted by Crippen LogP contribution is -2.39. The number of amides is 1. The SMILES string of the molecule is Cc1oc(/C=N\NC(=O)CN(c2ccc(C(C)C)cc2)S(C)(=O)=O)cc1Br. The monoisotopic (exact) mass is 455 g/mol. The zero-order valence-electron chi connectivity index (χ0n) is 15.6. The third kappa shape index (κ3) is 5.93. The summed E-state index contributed by atoms with van der Waals surface area (Å²) in [5.41, 5.74) is 3.82. The number of benzene rings is 1. The van der Waals surface area contributed by atoms with Crippen LogP contribution >= 0.6 is 15.9 Å². The van der Waals surface area contributed by atoms with Crippen molar-refractivity contribution >= 4 is 43.8 Å². The van der Waals surface area contributed by atoms with Crippen molar-refractivity contribution < 1.29 is 17.6 Å². The van der Waals surface area contributed by atoms with E-state index in [0.29, 0.717) is 23.1 Å². The first-order valence-electron chi connectivity index (χ1n) is 8.23. The van der Waals surface area contributed by atoms with Gasteiger partial charge in [-0.05, 0) is 46.5 Å². The summed E-state index contributed by atoms with van der Waals surface area (Å²) in [5.74, 6) is 0.917. The molecule has 0 radical (unpaired) electrons. The largest absolute Gasteiger partial charge is 0.459 e. The molecule has 0 unspecified atom stereocenters. The van der Waals surface area contributed by atoms with E-state index in [0.717, 1.165) is 20.6 Å². The minimum absolute atomic E-state index is 0.327. The number of hydrazone groups is 1. The van der Waals surface area contributed by atoms with Crippen LogP contribution in [0.2, 0.25) is 0 Å². The Hall–Kier alpha value is -2.13. The smallest absolute Gasteiger partial charge is 0.260 e. The summed E-state index contributed by atoms with van der Waals surface area (Å²) in [6, 6.07) is 8.80. The Kier molecular flexibility index (Phi) is 6.83. The fourth-order valence-corrected chi connectivity index (χ4v) is 3.47. The second-order valence-corrected chi connectivity index (χ2v) is 9.12. The average Bonchev–Trinajstić information content (AvgIpc) is 2.89. The third-order valence-electron chi connectivity index (χ3n) is 3.79. The Bertz CT molecular complexity index is 915. The van der Waals surface area contributed by atoms with E-state index in [1.165, 1.54) is 6.21 Å². The Balaban J connectivity index is 2.08. The number of furan rings is 1. The molecule has 0 atom stereocenters. The summed E-state index contributed by atoms with van der Waals surface area (Å²) in [4.78, 5) is 12.1. The Morgan fingerprint density at radius 1 is 1.33 bits per heavy atom. The van der Waals surface area contributed by atoms with Crippen LogP contribution in [0.1, 0.15) is 36.8 Å². The van der Waals surface area contributed by atoms with Crippen molar-refractivity contribution in [2.24, 2.45) is 5.10 Å². The molecule has 1 aromatic heterocycles. The first-order valence-corrected chi connectivity index (χ1v) is 10.9. The zero-order valence-corrected chi connectivity index (χ0v) is 18.0. The number of nitrogens with one attached hydrogen (secondary N) is 1.